The lowest BCUT2D eigenvalue weighted by Crippen LogP contribution is -2.39. The van der Waals surface area contributed by atoms with Gasteiger partial charge in [-0.2, -0.15) is 0 Å². The molecule has 8 atom stereocenters. The minimum atomic E-state index is -4.08. The summed E-state index contributed by atoms with van der Waals surface area (Å²) in [4.78, 5) is 38.4. The number of aliphatic hydroxyl groups excluding tert-OH is 2. The summed E-state index contributed by atoms with van der Waals surface area (Å²) in [5, 5.41) is 23.8. The Morgan fingerprint density at radius 2 is 2.05 bits per heavy atom. The molecule has 43 heavy (non-hydrogen) atoms. The van der Waals surface area contributed by atoms with Gasteiger partial charge in [0.15, 0.2) is 17.7 Å². The normalized spacial score (nSPS) is 28.9. The number of fused-ring (bicyclic) bond motifs is 1. The molecule has 5 heterocycles. The summed E-state index contributed by atoms with van der Waals surface area (Å²) >= 11 is 0. The molecule has 18 nitrogen and oxygen atoms in total. The molecule has 2 fully saturated rings. The zero-order chi connectivity index (χ0) is 30.7. The molecule has 0 bridgehead atoms. The van der Waals surface area contributed by atoms with Crippen molar-refractivity contribution in [1.82, 2.24) is 34.2 Å². The lowest BCUT2D eigenvalue weighted by Gasteiger charge is -2.26. The number of nitrogens with one attached hydrogen (secondary N) is 2. The highest BCUT2D eigenvalue weighted by atomic mass is 31.2. The molecule has 0 saturated carbocycles. The molecular formula is C24H35N8O10P. The number of aromatic amines is 1. The number of nitrogen functional groups attached to an aromatic ring is 1. The minimum Gasteiger partial charge on any atom is -0.394 e. The summed E-state index contributed by atoms with van der Waals surface area (Å²) in [6, 6.07) is 1.14. The summed E-state index contributed by atoms with van der Waals surface area (Å²) in [5.41, 5.74) is 5.36. The number of rotatable bonds is 13. The fourth-order valence-corrected chi connectivity index (χ4v) is 6.63. The van der Waals surface area contributed by atoms with Crippen molar-refractivity contribution in [3.8, 4) is 0 Å². The Labute approximate surface area is 244 Å². The van der Waals surface area contributed by atoms with E-state index in [1.165, 1.54) is 26.0 Å². The molecule has 0 aromatic carbocycles. The van der Waals surface area contributed by atoms with Gasteiger partial charge < -0.3 is 30.2 Å². The van der Waals surface area contributed by atoms with Crippen molar-refractivity contribution >= 4 is 24.7 Å². The van der Waals surface area contributed by atoms with Crippen molar-refractivity contribution in [2.24, 2.45) is 0 Å². The zero-order valence-electron chi connectivity index (χ0n) is 23.5. The first-order valence-corrected chi connectivity index (χ1v) is 15.3. The third-order valence-corrected chi connectivity index (χ3v) is 8.93. The van der Waals surface area contributed by atoms with E-state index in [2.05, 4.69) is 25.0 Å². The maximum atomic E-state index is 14.0. The van der Waals surface area contributed by atoms with Gasteiger partial charge in [-0.05, 0) is 6.42 Å². The van der Waals surface area contributed by atoms with E-state index in [4.69, 9.17) is 29.0 Å². The number of ether oxygens (including phenoxy) is 3. The molecule has 3 aromatic rings. The SMILES string of the molecule is CCCCNP(=O)(OC[C@H]1O[C@@H](n2ccc(=O)[nH]c2=O)[C@@H](OC)C1O)OC1C[C@H](n2cnc3c(N)ncnc32)O[C@@H]1CO. The van der Waals surface area contributed by atoms with Gasteiger partial charge in [-0.1, -0.05) is 13.3 Å². The second-order valence-electron chi connectivity index (χ2n) is 10.1. The van der Waals surface area contributed by atoms with Gasteiger partial charge in [0.2, 0.25) is 0 Å². The Morgan fingerprint density at radius 1 is 1.23 bits per heavy atom. The molecule has 2 aliphatic rings. The predicted octanol–water partition coefficient (Wildman–Crippen LogP) is -0.589. The van der Waals surface area contributed by atoms with E-state index in [0.29, 0.717) is 24.1 Å². The average molecular weight is 627 g/mol. The number of H-pyrrole nitrogens is 1. The Hall–Kier alpha value is -3.06. The standard InChI is InChI=1S/C24H35N8O10P/c1-3-4-6-29-43(37,39-10-15-19(35)20(38-2)23(41-15)31-7-5-16(34)30-24(31)36)42-13-8-17(40-14(13)9-33)32-12-28-18-21(25)26-11-27-22(18)32/h5,7,11-15,17,19-20,23,33,35H,3-4,6,8-10H2,1-2H3,(H,29,37)(H2,25,26,27)(H,30,34,36)/t13?,14-,15-,17-,19?,20+,23-,43?/m1/s1. The smallest absolute Gasteiger partial charge is 0.394 e. The number of imidazole rings is 1. The number of aliphatic hydroxyl groups is 2. The molecule has 0 spiro atoms. The molecule has 0 amide bonds. The second kappa shape index (κ2) is 13.3. The highest BCUT2D eigenvalue weighted by molar-refractivity contribution is 7.51. The second-order valence-corrected chi connectivity index (χ2v) is 11.9. The van der Waals surface area contributed by atoms with E-state index in [1.54, 1.807) is 4.57 Å². The van der Waals surface area contributed by atoms with Gasteiger partial charge in [-0.3, -0.25) is 28.0 Å². The maximum absolute atomic E-state index is 14.0. The van der Waals surface area contributed by atoms with Crippen LogP contribution in [0.15, 0.2) is 34.5 Å². The van der Waals surface area contributed by atoms with E-state index in [9.17, 15) is 24.4 Å². The van der Waals surface area contributed by atoms with Crippen LogP contribution in [0.3, 0.4) is 0 Å². The lowest BCUT2D eigenvalue weighted by atomic mass is 10.1. The van der Waals surface area contributed by atoms with Gasteiger partial charge in [-0.25, -0.2) is 29.4 Å². The highest BCUT2D eigenvalue weighted by Gasteiger charge is 2.47. The van der Waals surface area contributed by atoms with Crippen molar-refractivity contribution in [2.45, 2.75) is 69.2 Å². The third kappa shape index (κ3) is 6.57. The fraction of sp³-hybridized carbons (Fsp3) is 0.625. The van der Waals surface area contributed by atoms with Crippen LogP contribution in [0.4, 0.5) is 5.82 Å². The first-order chi connectivity index (χ1) is 20.7. The van der Waals surface area contributed by atoms with Crippen LogP contribution in [0.1, 0.15) is 38.6 Å². The first-order valence-electron chi connectivity index (χ1n) is 13.7. The van der Waals surface area contributed by atoms with Gasteiger partial charge in [0.05, 0.1) is 19.5 Å². The van der Waals surface area contributed by atoms with Crippen molar-refractivity contribution in [3.63, 3.8) is 0 Å². The van der Waals surface area contributed by atoms with Gasteiger partial charge in [-0.15, -0.1) is 0 Å². The van der Waals surface area contributed by atoms with Gasteiger partial charge in [0, 0.05) is 32.3 Å². The van der Waals surface area contributed by atoms with Crippen LogP contribution in [-0.2, 0) is 27.8 Å². The summed E-state index contributed by atoms with van der Waals surface area (Å²) in [6.45, 7) is 1.41. The number of methoxy groups -OCH3 is 1. The molecular weight excluding hydrogens is 591 g/mol. The van der Waals surface area contributed by atoms with Crippen molar-refractivity contribution in [1.29, 1.82) is 0 Å². The van der Waals surface area contributed by atoms with Crippen molar-refractivity contribution in [3.05, 3.63) is 45.8 Å². The predicted molar refractivity (Wildman–Crippen MR) is 149 cm³/mol. The van der Waals surface area contributed by atoms with Crippen LogP contribution in [-0.4, -0.2) is 96.7 Å². The van der Waals surface area contributed by atoms with E-state index in [0.717, 1.165) is 17.1 Å². The lowest BCUT2D eigenvalue weighted by molar-refractivity contribution is -0.0634. The molecule has 5 rings (SSSR count). The third-order valence-electron chi connectivity index (χ3n) is 7.29. The molecule has 19 heteroatoms. The van der Waals surface area contributed by atoms with Crippen LogP contribution in [0.2, 0.25) is 0 Å². The molecule has 0 aliphatic carbocycles. The van der Waals surface area contributed by atoms with Crippen molar-refractivity contribution < 1.29 is 38.0 Å². The molecule has 3 unspecified atom stereocenters. The average Bonchev–Trinajstić information content (AvgIpc) is 3.67. The monoisotopic (exact) mass is 626 g/mol. The summed E-state index contributed by atoms with van der Waals surface area (Å²) in [6.07, 6.45) is -1.25. The number of anilines is 1. The maximum Gasteiger partial charge on any atom is 0.405 e. The van der Waals surface area contributed by atoms with Gasteiger partial charge in [0.1, 0.15) is 48.6 Å². The summed E-state index contributed by atoms with van der Waals surface area (Å²) < 4.78 is 45.7. The Kier molecular flexibility index (Phi) is 9.70. The van der Waals surface area contributed by atoms with Crippen molar-refractivity contribution in [2.75, 3.05) is 32.6 Å². The van der Waals surface area contributed by atoms with E-state index < -0.39 is 75.2 Å². The van der Waals surface area contributed by atoms with Crippen LogP contribution < -0.4 is 22.1 Å². The molecule has 6 N–H and O–H groups in total. The van der Waals surface area contributed by atoms with Crippen LogP contribution in [0, 0.1) is 0 Å². The van der Waals surface area contributed by atoms with Crippen LogP contribution in [0.5, 0.6) is 0 Å². The Balaban J connectivity index is 1.31. The largest absolute Gasteiger partial charge is 0.405 e. The zero-order valence-corrected chi connectivity index (χ0v) is 24.4. The number of nitrogens with zero attached hydrogens (tertiary/aromatic N) is 5. The van der Waals surface area contributed by atoms with Gasteiger partial charge in [0.25, 0.3) is 5.56 Å². The van der Waals surface area contributed by atoms with Gasteiger partial charge >= 0.3 is 13.4 Å². The van der Waals surface area contributed by atoms with Crippen LogP contribution >= 0.6 is 7.75 Å². The molecule has 2 saturated heterocycles. The highest BCUT2D eigenvalue weighted by Crippen LogP contribution is 2.49. The number of aromatic nitrogens is 6. The number of hydrogen-bond acceptors (Lipinski definition) is 14. The first kappa shape index (κ1) is 31.4. The topological polar surface area (TPSA) is 240 Å². The Morgan fingerprint density at radius 3 is 2.77 bits per heavy atom. The van der Waals surface area contributed by atoms with E-state index in [1.807, 2.05) is 6.92 Å². The van der Waals surface area contributed by atoms with E-state index in [-0.39, 0.29) is 12.2 Å². The molecule has 2 aliphatic heterocycles. The van der Waals surface area contributed by atoms with Crippen LogP contribution in [0.25, 0.3) is 11.2 Å². The summed E-state index contributed by atoms with van der Waals surface area (Å²) in [7, 11) is -2.75. The number of hydrogen-bond donors (Lipinski definition) is 5. The fourth-order valence-electron chi connectivity index (χ4n) is 5.05. The number of unbranched alkanes of at least 4 members (excludes halogenated alkanes) is 1. The molecule has 3 aromatic heterocycles. The Bertz CT molecular complexity index is 1560. The quantitative estimate of drug-likeness (QED) is 0.118. The molecule has 0 radical (unpaired) electrons. The minimum absolute atomic E-state index is 0.162. The molecule has 236 valence electrons. The number of nitrogens with two attached hydrogens (primary N) is 1. The summed E-state index contributed by atoms with van der Waals surface area (Å²) in [5.74, 6) is 0.200. The van der Waals surface area contributed by atoms with E-state index >= 15 is 0 Å².